The molecule has 0 radical (unpaired) electrons. The molecule has 1 heterocycles. The molecule has 23 heavy (non-hydrogen) atoms. The van der Waals surface area contributed by atoms with Crippen molar-refractivity contribution in [2.75, 3.05) is 5.32 Å². The van der Waals surface area contributed by atoms with Gasteiger partial charge in [0.1, 0.15) is 0 Å². The molecule has 0 aliphatic carbocycles. The molecule has 0 aliphatic rings. The fraction of sp³-hybridized carbons (Fsp3) is 0.118. The van der Waals surface area contributed by atoms with Gasteiger partial charge in [0.2, 0.25) is 0 Å². The largest absolute Gasteiger partial charge is 0.320 e. The summed E-state index contributed by atoms with van der Waals surface area (Å²) in [6.45, 7) is 3.80. The lowest BCUT2D eigenvalue weighted by Gasteiger charge is -2.08. The topological polar surface area (TPSA) is 59.8 Å². The van der Waals surface area contributed by atoms with Crippen LogP contribution in [-0.4, -0.2) is 20.9 Å². The van der Waals surface area contributed by atoms with E-state index in [0.717, 1.165) is 20.5 Å². The smallest absolute Gasteiger partial charge is 0.278 e. The second-order valence-electron chi connectivity index (χ2n) is 5.18. The van der Waals surface area contributed by atoms with Crippen LogP contribution in [0.25, 0.3) is 5.69 Å². The van der Waals surface area contributed by atoms with Crippen molar-refractivity contribution < 1.29 is 4.79 Å². The molecule has 0 saturated heterocycles. The monoisotopic (exact) mass is 418 g/mol. The number of aromatic nitrogens is 3. The molecule has 0 unspecified atom stereocenters. The van der Waals surface area contributed by atoms with Gasteiger partial charge in [0, 0.05) is 9.26 Å². The Balaban J connectivity index is 1.88. The maximum atomic E-state index is 12.5. The molecule has 3 aromatic rings. The molecule has 0 bridgehead atoms. The molecule has 1 amide bonds. The van der Waals surface area contributed by atoms with E-state index in [1.807, 2.05) is 62.4 Å². The van der Waals surface area contributed by atoms with Gasteiger partial charge < -0.3 is 5.32 Å². The number of hydrogen-bond acceptors (Lipinski definition) is 3. The van der Waals surface area contributed by atoms with Gasteiger partial charge in [-0.1, -0.05) is 23.4 Å². The Bertz CT molecular complexity index is 858. The first-order valence-corrected chi connectivity index (χ1v) is 8.19. The third-order valence-corrected chi connectivity index (χ3v) is 4.22. The van der Waals surface area contributed by atoms with E-state index in [9.17, 15) is 4.79 Å². The van der Waals surface area contributed by atoms with Crippen LogP contribution in [-0.2, 0) is 0 Å². The summed E-state index contributed by atoms with van der Waals surface area (Å²) < 4.78 is 2.79. The highest BCUT2D eigenvalue weighted by molar-refractivity contribution is 14.1. The van der Waals surface area contributed by atoms with E-state index >= 15 is 0 Å². The number of carbonyl (C=O) groups is 1. The zero-order valence-corrected chi connectivity index (χ0v) is 14.9. The highest BCUT2D eigenvalue weighted by Crippen LogP contribution is 2.19. The van der Waals surface area contributed by atoms with Crippen molar-refractivity contribution in [3.05, 3.63) is 69.1 Å². The van der Waals surface area contributed by atoms with Gasteiger partial charge in [-0.05, 0) is 72.3 Å². The van der Waals surface area contributed by atoms with Gasteiger partial charge in [-0.3, -0.25) is 4.79 Å². The van der Waals surface area contributed by atoms with Gasteiger partial charge in [-0.15, -0.1) is 5.10 Å². The molecule has 1 N–H and O–H groups in total. The van der Waals surface area contributed by atoms with E-state index in [0.29, 0.717) is 11.4 Å². The number of benzene rings is 2. The van der Waals surface area contributed by atoms with E-state index in [1.165, 1.54) is 0 Å². The lowest BCUT2D eigenvalue weighted by atomic mass is 10.2. The van der Waals surface area contributed by atoms with Gasteiger partial charge >= 0.3 is 0 Å². The lowest BCUT2D eigenvalue weighted by Crippen LogP contribution is -2.15. The quantitative estimate of drug-likeness (QED) is 0.660. The van der Waals surface area contributed by atoms with E-state index < -0.39 is 0 Å². The minimum Gasteiger partial charge on any atom is -0.320 e. The maximum absolute atomic E-state index is 12.5. The standard InChI is InChI=1S/C17H15IN4O/c1-11-10-13(18)8-9-15(11)19-17(23)16-12(2)22(21-20-16)14-6-4-3-5-7-14/h3-10H,1-2H3,(H,19,23). The number of nitrogens with zero attached hydrogens (tertiary/aromatic N) is 3. The fourth-order valence-corrected chi connectivity index (χ4v) is 2.95. The van der Waals surface area contributed by atoms with Crippen LogP contribution < -0.4 is 5.32 Å². The number of amides is 1. The zero-order valence-electron chi connectivity index (χ0n) is 12.7. The van der Waals surface area contributed by atoms with Crippen LogP contribution in [0.3, 0.4) is 0 Å². The number of carbonyl (C=O) groups excluding carboxylic acids is 1. The van der Waals surface area contributed by atoms with E-state index in [1.54, 1.807) is 4.68 Å². The summed E-state index contributed by atoms with van der Waals surface area (Å²) in [5.74, 6) is -0.256. The van der Waals surface area contributed by atoms with Crippen molar-refractivity contribution >= 4 is 34.2 Å². The molecule has 0 aliphatic heterocycles. The average Bonchev–Trinajstić information content (AvgIpc) is 2.92. The van der Waals surface area contributed by atoms with E-state index in [4.69, 9.17) is 0 Å². The number of halogens is 1. The normalized spacial score (nSPS) is 10.6. The SMILES string of the molecule is Cc1cc(I)ccc1NC(=O)c1nnn(-c2ccccc2)c1C. The average molecular weight is 418 g/mol. The first-order valence-electron chi connectivity index (χ1n) is 7.11. The Morgan fingerprint density at radius 3 is 2.57 bits per heavy atom. The number of rotatable bonds is 3. The predicted molar refractivity (Wildman–Crippen MR) is 97.9 cm³/mol. The number of hydrogen-bond donors (Lipinski definition) is 1. The first kappa shape index (κ1) is 15.7. The summed E-state index contributed by atoms with van der Waals surface area (Å²) in [6.07, 6.45) is 0. The minimum absolute atomic E-state index is 0.256. The lowest BCUT2D eigenvalue weighted by molar-refractivity contribution is 0.102. The second kappa shape index (κ2) is 6.49. The van der Waals surface area contributed by atoms with E-state index in [2.05, 4.69) is 38.2 Å². The molecule has 3 rings (SSSR count). The Morgan fingerprint density at radius 2 is 1.87 bits per heavy atom. The van der Waals surface area contributed by atoms with Crippen LogP contribution in [0.4, 0.5) is 5.69 Å². The van der Waals surface area contributed by atoms with Gasteiger partial charge in [0.05, 0.1) is 11.4 Å². The van der Waals surface area contributed by atoms with Gasteiger partial charge in [0.15, 0.2) is 5.69 Å². The number of anilines is 1. The molecule has 6 heteroatoms. The van der Waals surface area contributed by atoms with Crippen LogP contribution in [0, 0.1) is 17.4 Å². The van der Waals surface area contributed by atoms with Crippen LogP contribution in [0.2, 0.25) is 0 Å². The fourth-order valence-electron chi connectivity index (χ4n) is 2.30. The van der Waals surface area contributed by atoms with Crippen LogP contribution in [0.15, 0.2) is 48.5 Å². The molecule has 2 aromatic carbocycles. The van der Waals surface area contributed by atoms with Crippen molar-refractivity contribution in [1.29, 1.82) is 0 Å². The number of para-hydroxylation sites is 1. The summed E-state index contributed by atoms with van der Waals surface area (Å²) in [5.41, 5.74) is 3.70. The van der Waals surface area contributed by atoms with Crippen molar-refractivity contribution in [2.24, 2.45) is 0 Å². The third-order valence-electron chi connectivity index (χ3n) is 3.55. The highest BCUT2D eigenvalue weighted by atomic mass is 127. The predicted octanol–water partition coefficient (Wildman–Crippen LogP) is 3.74. The molecule has 0 saturated carbocycles. The van der Waals surface area contributed by atoms with Crippen LogP contribution >= 0.6 is 22.6 Å². The zero-order chi connectivity index (χ0) is 16.4. The first-order chi connectivity index (χ1) is 11.1. The minimum atomic E-state index is -0.256. The summed E-state index contributed by atoms with van der Waals surface area (Å²) >= 11 is 2.24. The van der Waals surface area contributed by atoms with E-state index in [-0.39, 0.29) is 5.91 Å². The Labute approximate surface area is 147 Å². The number of aryl methyl sites for hydroxylation is 1. The Kier molecular flexibility index (Phi) is 4.42. The molecule has 0 fully saturated rings. The van der Waals surface area contributed by atoms with Crippen molar-refractivity contribution in [2.45, 2.75) is 13.8 Å². The number of nitrogens with one attached hydrogen (secondary N) is 1. The molecule has 1 aromatic heterocycles. The molecular weight excluding hydrogens is 403 g/mol. The molecule has 0 spiro atoms. The molecular formula is C17H15IN4O. The summed E-state index contributed by atoms with van der Waals surface area (Å²) in [4.78, 5) is 12.5. The van der Waals surface area contributed by atoms with Gasteiger partial charge in [-0.2, -0.15) is 0 Å². The van der Waals surface area contributed by atoms with Crippen LogP contribution in [0.1, 0.15) is 21.7 Å². The van der Waals surface area contributed by atoms with Crippen LogP contribution in [0.5, 0.6) is 0 Å². The summed E-state index contributed by atoms with van der Waals surface area (Å²) in [5, 5.41) is 11.0. The van der Waals surface area contributed by atoms with Gasteiger partial charge in [-0.25, -0.2) is 4.68 Å². The molecule has 116 valence electrons. The highest BCUT2D eigenvalue weighted by Gasteiger charge is 2.18. The van der Waals surface area contributed by atoms with Crippen molar-refractivity contribution in [3.8, 4) is 5.69 Å². The summed E-state index contributed by atoms with van der Waals surface area (Å²) in [6, 6.07) is 15.5. The Morgan fingerprint density at radius 1 is 1.13 bits per heavy atom. The Hall–Kier alpha value is -2.22. The maximum Gasteiger partial charge on any atom is 0.278 e. The molecule has 5 nitrogen and oxygen atoms in total. The van der Waals surface area contributed by atoms with Crippen molar-refractivity contribution in [3.63, 3.8) is 0 Å². The van der Waals surface area contributed by atoms with Gasteiger partial charge in [0.25, 0.3) is 5.91 Å². The summed E-state index contributed by atoms with van der Waals surface area (Å²) in [7, 11) is 0. The third kappa shape index (κ3) is 3.26. The second-order valence-corrected chi connectivity index (χ2v) is 6.43. The van der Waals surface area contributed by atoms with Crippen molar-refractivity contribution in [1.82, 2.24) is 15.0 Å². The molecule has 0 atom stereocenters.